The molecule has 0 saturated carbocycles. The molecule has 0 spiro atoms. The maximum Gasteiger partial charge on any atom is 0.143 e. The molecular formula is C12H16N4O. The molecule has 0 aliphatic heterocycles. The molecule has 5 nitrogen and oxygen atoms in total. The smallest absolute Gasteiger partial charge is 0.143 e. The average molecular weight is 232 g/mol. The van der Waals surface area contributed by atoms with Crippen LogP contribution >= 0.6 is 0 Å². The molecule has 0 unspecified atom stereocenters. The second kappa shape index (κ2) is 5.25. The molecule has 90 valence electrons. The van der Waals surface area contributed by atoms with Crippen LogP contribution in [0.2, 0.25) is 0 Å². The van der Waals surface area contributed by atoms with Crippen LogP contribution in [0.5, 0.6) is 5.75 Å². The van der Waals surface area contributed by atoms with Gasteiger partial charge in [0, 0.05) is 18.9 Å². The van der Waals surface area contributed by atoms with Gasteiger partial charge in [-0.2, -0.15) is 5.10 Å². The number of benzene rings is 1. The Morgan fingerprint density at radius 2 is 2.29 bits per heavy atom. The first-order valence-corrected chi connectivity index (χ1v) is 5.45. The number of anilines is 2. The van der Waals surface area contributed by atoms with Crippen LogP contribution in [0.15, 0.2) is 36.7 Å². The monoisotopic (exact) mass is 232 g/mol. The summed E-state index contributed by atoms with van der Waals surface area (Å²) in [7, 11) is 1.61. The van der Waals surface area contributed by atoms with Gasteiger partial charge in [0.05, 0.1) is 25.0 Å². The van der Waals surface area contributed by atoms with Gasteiger partial charge in [-0.1, -0.05) is 6.07 Å². The fourth-order valence-corrected chi connectivity index (χ4v) is 1.61. The number of hydrogen-bond acceptors (Lipinski definition) is 4. The maximum atomic E-state index is 5.94. The van der Waals surface area contributed by atoms with E-state index in [0.29, 0.717) is 11.4 Å². The molecule has 17 heavy (non-hydrogen) atoms. The number of hydrogen-bond donors (Lipinski definition) is 2. The van der Waals surface area contributed by atoms with E-state index in [1.165, 1.54) is 0 Å². The lowest BCUT2D eigenvalue weighted by molar-refractivity contribution is 0.417. The van der Waals surface area contributed by atoms with E-state index in [1.54, 1.807) is 13.3 Å². The van der Waals surface area contributed by atoms with Crippen LogP contribution in [0.1, 0.15) is 0 Å². The Morgan fingerprint density at radius 3 is 3.00 bits per heavy atom. The highest BCUT2D eigenvalue weighted by Gasteiger charge is 2.03. The van der Waals surface area contributed by atoms with Crippen molar-refractivity contribution >= 4 is 11.4 Å². The number of nitrogen functional groups attached to an aromatic ring is 1. The summed E-state index contributed by atoms with van der Waals surface area (Å²) in [5.74, 6) is 0.689. The molecule has 0 amide bonds. The Balaban J connectivity index is 1.95. The van der Waals surface area contributed by atoms with E-state index in [4.69, 9.17) is 10.5 Å². The average Bonchev–Trinajstić information content (AvgIpc) is 2.84. The first-order valence-electron chi connectivity index (χ1n) is 5.45. The molecule has 0 radical (unpaired) electrons. The Bertz CT molecular complexity index is 467. The van der Waals surface area contributed by atoms with Gasteiger partial charge in [-0.15, -0.1) is 0 Å². The van der Waals surface area contributed by atoms with Crippen molar-refractivity contribution in [2.24, 2.45) is 0 Å². The third-order valence-electron chi connectivity index (χ3n) is 2.50. The summed E-state index contributed by atoms with van der Waals surface area (Å²) < 4.78 is 7.02. The second-order valence-corrected chi connectivity index (χ2v) is 3.62. The van der Waals surface area contributed by atoms with Gasteiger partial charge in [-0.25, -0.2) is 0 Å². The maximum absolute atomic E-state index is 5.94. The predicted molar refractivity (Wildman–Crippen MR) is 68.1 cm³/mol. The normalized spacial score (nSPS) is 10.2. The third-order valence-corrected chi connectivity index (χ3v) is 2.50. The van der Waals surface area contributed by atoms with Crippen LogP contribution in [0.4, 0.5) is 11.4 Å². The number of nitrogens with zero attached hydrogens (tertiary/aromatic N) is 2. The lowest BCUT2D eigenvalue weighted by Crippen LogP contribution is -2.12. The minimum atomic E-state index is 0.635. The topological polar surface area (TPSA) is 65.1 Å². The van der Waals surface area contributed by atoms with Gasteiger partial charge >= 0.3 is 0 Å². The third kappa shape index (κ3) is 2.69. The van der Waals surface area contributed by atoms with Crippen molar-refractivity contribution in [1.82, 2.24) is 9.78 Å². The quantitative estimate of drug-likeness (QED) is 0.768. The summed E-state index contributed by atoms with van der Waals surface area (Å²) in [6, 6.07) is 7.58. The summed E-state index contributed by atoms with van der Waals surface area (Å²) in [6.07, 6.45) is 3.69. The largest absolute Gasteiger partial charge is 0.495 e. The minimum Gasteiger partial charge on any atom is -0.495 e. The van der Waals surface area contributed by atoms with Gasteiger partial charge in [0.1, 0.15) is 5.75 Å². The van der Waals surface area contributed by atoms with Crippen molar-refractivity contribution < 1.29 is 4.74 Å². The fraction of sp³-hybridized carbons (Fsp3) is 0.250. The summed E-state index contributed by atoms with van der Waals surface area (Å²) in [5.41, 5.74) is 7.46. The van der Waals surface area contributed by atoms with Gasteiger partial charge in [0.2, 0.25) is 0 Å². The Hall–Kier alpha value is -2.17. The number of methoxy groups -OCH3 is 1. The molecule has 0 saturated heterocycles. The van der Waals surface area contributed by atoms with Crippen LogP contribution in [0, 0.1) is 0 Å². The van der Waals surface area contributed by atoms with E-state index in [-0.39, 0.29) is 0 Å². The van der Waals surface area contributed by atoms with Crippen LogP contribution < -0.4 is 15.8 Å². The zero-order valence-electron chi connectivity index (χ0n) is 9.76. The van der Waals surface area contributed by atoms with Crippen LogP contribution in [-0.2, 0) is 6.54 Å². The zero-order valence-corrected chi connectivity index (χ0v) is 9.76. The van der Waals surface area contributed by atoms with Crippen LogP contribution in [0.3, 0.4) is 0 Å². The summed E-state index contributed by atoms with van der Waals surface area (Å²) in [6.45, 7) is 1.56. The van der Waals surface area contributed by atoms with E-state index in [0.717, 1.165) is 18.8 Å². The second-order valence-electron chi connectivity index (χ2n) is 3.62. The lowest BCUT2D eigenvalue weighted by atomic mass is 10.2. The van der Waals surface area contributed by atoms with Crippen LogP contribution in [-0.4, -0.2) is 23.4 Å². The number of ether oxygens (including phenoxy) is 1. The Morgan fingerprint density at radius 1 is 1.41 bits per heavy atom. The van der Waals surface area contributed by atoms with Gasteiger partial charge in [-0.3, -0.25) is 4.68 Å². The van der Waals surface area contributed by atoms with E-state index in [1.807, 2.05) is 35.1 Å². The Labute approximate surface area is 100 Å². The number of rotatable bonds is 5. The molecule has 0 atom stereocenters. The van der Waals surface area contributed by atoms with E-state index < -0.39 is 0 Å². The van der Waals surface area contributed by atoms with E-state index >= 15 is 0 Å². The van der Waals surface area contributed by atoms with Gasteiger partial charge in [-0.05, 0) is 18.2 Å². The molecule has 0 aliphatic carbocycles. The van der Waals surface area contributed by atoms with Crippen LogP contribution in [0.25, 0.3) is 0 Å². The number of para-hydroxylation sites is 1. The highest BCUT2D eigenvalue weighted by molar-refractivity contribution is 5.72. The van der Waals surface area contributed by atoms with Crippen molar-refractivity contribution in [3.8, 4) is 5.75 Å². The summed E-state index contributed by atoms with van der Waals surface area (Å²) in [5, 5.41) is 7.38. The SMILES string of the molecule is COc1cccc(NCCn2cccn2)c1N. The van der Waals surface area contributed by atoms with Crippen molar-refractivity contribution in [2.75, 3.05) is 24.7 Å². The molecule has 2 aromatic rings. The molecule has 1 aromatic carbocycles. The van der Waals surface area contributed by atoms with Crippen molar-refractivity contribution in [3.63, 3.8) is 0 Å². The number of aromatic nitrogens is 2. The van der Waals surface area contributed by atoms with Gasteiger partial charge in [0.15, 0.2) is 0 Å². The molecule has 5 heteroatoms. The first-order chi connectivity index (χ1) is 8.31. The summed E-state index contributed by atoms with van der Waals surface area (Å²) >= 11 is 0. The van der Waals surface area contributed by atoms with Crippen molar-refractivity contribution in [3.05, 3.63) is 36.7 Å². The van der Waals surface area contributed by atoms with Crippen molar-refractivity contribution in [1.29, 1.82) is 0 Å². The highest BCUT2D eigenvalue weighted by Crippen LogP contribution is 2.28. The van der Waals surface area contributed by atoms with Gasteiger partial charge < -0.3 is 15.8 Å². The first kappa shape index (κ1) is 11.3. The molecule has 1 heterocycles. The molecule has 1 aromatic heterocycles. The molecule has 3 N–H and O–H groups in total. The molecule has 0 fully saturated rings. The molecule has 2 rings (SSSR count). The predicted octanol–water partition coefficient (Wildman–Crippen LogP) is 1.59. The van der Waals surface area contributed by atoms with E-state index in [9.17, 15) is 0 Å². The minimum absolute atomic E-state index is 0.635. The molecule has 0 aliphatic rings. The van der Waals surface area contributed by atoms with Crippen molar-refractivity contribution in [2.45, 2.75) is 6.54 Å². The fourth-order valence-electron chi connectivity index (χ4n) is 1.61. The number of nitrogens with one attached hydrogen (secondary N) is 1. The lowest BCUT2D eigenvalue weighted by Gasteiger charge is -2.12. The molecule has 0 bridgehead atoms. The highest BCUT2D eigenvalue weighted by atomic mass is 16.5. The van der Waals surface area contributed by atoms with Gasteiger partial charge in [0.25, 0.3) is 0 Å². The standard InChI is InChI=1S/C12H16N4O/c1-17-11-5-2-4-10(12(11)13)14-7-9-16-8-3-6-15-16/h2-6,8,14H,7,9,13H2,1H3. The van der Waals surface area contributed by atoms with E-state index in [2.05, 4.69) is 10.4 Å². The molecular weight excluding hydrogens is 216 g/mol. The number of nitrogens with two attached hydrogens (primary N) is 1. The zero-order chi connectivity index (χ0) is 12.1. The Kier molecular flexibility index (Phi) is 3.49. The summed E-state index contributed by atoms with van der Waals surface area (Å²) in [4.78, 5) is 0.